The SMILES string of the molecule is CC(N)C1CCCN(CCN2CCOCC2)C1.Cl.Cl. The molecule has 2 unspecified atom stereocenters. The molecule has 2 aliphatic heterocycles. The molecule has 0 saturated carbocycles. The highest BCUT2D eigenvalue weighted by molar-refractivity contribution is 5.85. The molecule has 4 nitrogen and oxygen atoms in total. The summed E-state index contributed by atoms with van der Waals surface area (Å²) in [5.74, 6) is 0.702. The molecule has 2 atom stereocenters. The predicted molar refractivity (Wildman–Crippen MR) is 84.6 cm³/mol. The van der Waals surface area contributed by atoms with Crippen molar-refractivity contribution in [3.63, 3.8) is 0 Å². The Morgan fingerprint density at radius 2 is 1.74 bits per heavy atom. The smallest absolute Gasteiger partial charge is 0.0594 e. The van der Waals surface area contributed by atoms with Crippen molar-refractivity contribution in [2.75, 3.05) is 52.5 Å². The van der Waals surface area contributed by atoms with Crippen LogP contribution in [0.4, 0.5) is 0 Å². The number of nitrogens with zero attached hydrogens (tertiary/aromatic N) is 2. The van der Waals surface area contributed by atoms with E-state index in [1.807, 2.05) is 0 Å². The van der Waals surface area contributed by atoms with Crippen LogP contribution in [0.1, 0.15) is 19.8 Å². The van der Waals surface area contributed by atoms with Crippen LogP contribution in [0, 0.1) is 5.92 Å². The van der Waals surface area contributed by atoms with Gasteiger partial charge in [0.2, 0.25) is 0 Å². The summed E-state index contributed by atoms with van der Waals surface area (Å²) in [6.07, 6.45) is 2.63. The van der Waals surface area contributed by atoms with Gasteiger partial charge in [-0.25, -0.2) is 0 Å². The van der Waals surface area contributed by atoms with Gasteiger partial charge >= 0.3 is 0 Å². The normalized spacial score (nSPS) is 27.2. The summed E-state index contributed by atoms with van der Waals surface area (Å²) in [6.45, 7) is 11.0. The fourth-order valence-electron chi connectivity index (χ4n) is 2.83. The summed E-state index contributed by atoms with van der Waals surface area (Å²) in [6, 6.07) is 0.348. The van der Waals surface area contributed by atoms with E-state index in [0.717, 1.165) is 26.3 Å². The second-order valence-electron chi connectivity index (χ2n) is 5.52. The molecule has 0 spiro atoms. The van der Waals surface area contributed by atoms with Crippen LogP contribution in [0.25, 0.3) is 0 Å². The van der Waals surface area contributed by atoms with Crippen LogP contribution in [-0.2, 0) is 4.74 Å². The summed E-state index contributed by atoms with van der Waals surface area (Å²) >= 11 is 0. The van der Waals surface area contributed by atoms with Crippen molar-refractivity contribution < 1.29 is 4.74 Å². The number of ether oxygens (including phenoxy) is 1. The van der Waals surface area contributed by atoms with Crippen LogP contribution in [-0.4, -0.2) is 68.3 Å². The van der Waals surface area contributed by atoms with Crippen molar-refractivity contribution in [2.24, 2.45) is 11.7 Å². The van der Waals surface area contributed by atoms with Crippen LogP contribution in [0.2, 0.25) is 0 Å². The zero-order chi connectivity index (χ0) is 12.1. The lowest BCUT2D eigenvalue weighted by Gasteiger charge is -2.36. The van der Waals surface area contributed by atoms with Crippen molar-refractivity contribution in [1.29, 1.82) is 0 Å². The highest BCUT2D eigenvalue weighted by Gasteiger charge is 2.22. The van der Waals surface area contributed by atoms with Gasteiger partial charge < -0.3 is 15.4 Å². The summed E-state index contributed by atoms with van der Waals surface area (Å²) in [7, 11) is 0. The Labute approximate surface area is 129 Å². The molecule has 2 N–H and O–H groups in total. The Morgan fingerprint density at radius 1 is 1.11 bits per heavy atom. The van der Waals surface area contributed by atoms with Crippen LogP contribution in [0.5, 0.6) is 0 Å². The maximum atomic E-state index is 6.01. The fraction of sp³-hybridized carbons (Fsp3) is 1.00. The molecule has 0 aromatic carbocycles. The maximum Gasteiger partial charge on any atom is 0.0594 e. The lowest BCUT2D eigenvalue weighted by atomic mass is 9.92. The molecule has 0 amide bonds. The number of halogens is 2. The Morgan fingerprint density at radius 3 is 2.37 bits per heavy atom. The first-order chi connectivity index (χ1) is 8.25. The molecule has 0 aliphatic carbocycles. The highest BCUT2D eigenvalue weighted by atomic mass is 35.5. The van der Waals surface area contributed by atoms with Gasteiger partial charge in [-0.1, -0.05) is 0 Å². The summed E-state index contributed by atoms with van der Waals surface area (Å²) in [5, 5.41) is 0. The van der Waals surface area contributed by atoms with Crippen LogP contribution in [0.3, 0.4) is 0 Å². The minimum absolute atomic E-state index is 0. The lowest BCUT2D eigenvalue weighted by Crippen LogP contribution is -2.46. The number of hydrogen-bond donors (Lipinski definition) is 1. The number of hydrogen-bond acceptors (Lipinski definition) is 4. The van der Waals surface area contributed by atoms with Crippen molar-refractivity contribution in [3.05, 3.63) is 0 Å². The van der Waals surface area contributed by atoms with E-state index < -0.39 is 0 Å². The summed E-state index contributed by atoms with van der Waals surface area (Å²) in [4.78, 5) is 5.10. The number of rotatable bonds is 4. The van der Waals surface area contributed by atoms with Crippen molar-refractivity contribution >= 4 is 24.8 Å². The molecule has 2 aliphatic rings. The van der Waals surface area contributed by atoms with Crippen molar-refractivity contribution in [1.82, 2.24) is 9.80 Å². The first kappa shape index (κ1) is 19.4. The Bertz CT molecular complexity index is 226. The maximum absolute atomic E-state index is 6.01. The third kappa shape index (κ3) is 6.61. The van der Waals surface area contributed by atoms with E-state index >= 15 is 0 Å². The van der Waals surface area contributed by atoms with Gasteiger partial charge in [-0.05, 0) is 32.2 Å². The lowest BCUT2D eigenvalue weighted by molar-refractivity contribution is 0.0304. The average Bonchev–Trinajstić information content (AvgIpc) is 2.38. The second kappa shape index (κ2) is 10.2. The van der Waals surface area contributed by atoms with Gasteiger partial charge in [0.1, 0.15) is 0 Å². The number of nitrogens with two attached hydrogens (primary N) is 1. The highest BCUT2D eigenvalue weighted by Crippen LogP contribution is 2.18. The largest absolute Gasteiger partial charge is 0.379 e. The van der Waals surface area contributed by atoms with Crippen LogP contribution in [0.15, 0.2) is 0 Å². The van der Waals surface area contributed by atoms with Gasteiger partial charge in [-0.15, -0.1) is 24.8 Å². The number of likely N-dealkylation sites (tertiary alicyclic amines) is 1. The van der Waals surface area contributed by atoms with Crippen molar-refractivity contribution in [2.45, 2.75) is 25.8 Å². The van der Waals surface area contributed by atoms with E-state index in [0.29, 0.717) is 12.0 Å². The molecular formula is C13H29Cl2N3O. The van der Waals surface area contributed by atoms with Crippen molar-refractivity contribution in [3.8, 4) is 0 Å². The van der Waals surface area contributed by atoms with Gasteiger partial charge in [-0.3, -0.25) is 4.90 Å². The van der Waals surface area contributed by atoms with Gasteiger partial charge in [0.05, 0.1) is 13.2 Å². The van der Waals surface area contributed by atoms with Crippen LogP contribution < -0.4 is 5.73 Å². The molecule has 0 aromatic rings. The van der Waals surface area contributed by atoms with Gasteiger partial charge in [0, 0.05) is 38.8 Å². The molecule has 2 fully saturated rings. The predicted octanol–water partition coefficient (Wildman–Crippen LogP) is 1.22. The third-order valence-corrected chi connectivity index (χ3v) is 4.12. The Hall–Kier alpha value is 0.420. The molecule has 2 saturated heterocycles. The summed E-state index contributed by atoms with van der Waals surface area (Å²) in [5.41, 5.74) is 6.01. The topological polar surface area (TPSA) is 41.7 Å². The molecule has 6 heteroatoms. The molecule has 2 rings (SSSR count). The third-order valence-electron chi connectivity index (χ3n) is 4.12. The first-order valence-corrected chi connectivity index (χ1v) is 7.04. The first-order valence-electron chi connectivity index (χ1n) is 7.04. The van der Waals surface area contributed by atoms with Gasteiger partial charge in [0.15, 0.2) is 0 Å². The average molecular weight is 314 g/mol. The van der Waals surface area contributed by atoms with Crippen LogP contribution >= 0.6 is 24.8 Å². The Balaban J connectivity index is 0.00000162. The molecule has 0 radical (unpaired) electrons. The molecule has 0 aromatic heterocycles. The zero-order valence-electron chi connectivity index (χ0n) is 11.9. The minimum atomic E-state index is 0. The molecule has 19 heavy (non-hydrogen) atoms. The standard InChI is InChI=1S/C13H27N3O.2ClH/c1-12(14)13-3-2-4-16(11-13)6-5-15-7-9-17-10-8-15;;/h12-13H,2-11,14H2,1H3;2*1H. The van der Waals surface area contributed by atoms with E-state index in [4.69, 9.17) is 10.5 Å². The molecule has 0 bridgehead atoms. The molecular weight excluding hydrogens is 285 g/mol. The van der Waals surface area contributed by atoms with E-state index in [-0.39, 0.29) is 24.8 Å². The zero-order valence-corrected chi connectivity index (χ0v) is 13.6. The summed E-state index contributed by atoms with van der Waals surface area (Å²) < 4.78 is 5.37. The monoisotopic (exact) mass is 313 g/mol. The second-order valence-corrected chi connectivity index (χ2v) is 5.52. The fourth-order valence-corrected chi connectivity index (χ4v) is 2.83. The van der Waals surface area contributed by atoms with E-state index in [9.17, 15) is 0 Å². The molecule has 116 valence electrons. The Kier molecular flexibility index (Phi) is 10.4. The van der Waals surface area contributed by atoms with E-state index in [1.165, 1.54) is 39.0 Å². The van der Waals surface area contributed by atoms with Gasteiger partial charge in [-0.2, -0.15) is 0 Å². The van der Waals surface area contributed by atoms with E-state index in [1.54, 1.807) is 0 Å². The molecule has 2 heterocycles. The quantitative estimate of drug-likeness (QED) is 0.847. The number of piperidine rings is 1. The van der Waals surface area contributed by atoms with E-state index in [2.05, 4.69) is 16.7 Å². The minimum Gasteiger partial charge on any atom is -0.379 e. The van der Waals surface area contributed by atoms with Gasteiger partial charge in [0.25, 0.3) is 0 Å². The number of morpholine rings is 1.